The van der Waals surface area contributed by atoms with Crippen LogP contribution in [-0.4, -0.2) is 19.7 Å². The SMILES string of the molecule is CCOC(=O)Cc1cc(Br)c(OC)cc1C#N. The summed E-state index contributed by atoms with van der Waals surface area (Å²) in [6.45, 7) is 2.07. The molecule has 1 aromatic carbocycles. The summed E-state index contributed by atoms with van der Waals surface area (Å²) < 4.78 is 10.6. The second-order valence-electron chi connectivity index (χ2n) is 3.24. The summed E-state index contributed by atoms with van der Waals surface area (Å²) in [6, 6.07) is 5.33. The quantitative estimate of drug-likeness (QED) is 0.801. The standard InChI is InChI=1S/C12H12BrNO3/c1-3-17-12(15)6-8-4-10(13)11(16-2)5-9(8)7-14/h4-5H,3,6H2,1-2H3. The first-order valence-electron chi connectivity index (χ1n) is 5.04. The number of nitrogens with zero attached hydrogens (tertiary/aromatic N) is 1. The minimum absolute atomic E-state index is 0.0827. The number of ether oxygens (including phenoxy) is 2. The van der Waals surface area contributed by atoms with Crippen LogP contribution in [0.2, 0.25) is 0 Å². The first kappa shape index (κ1) is 13.5. The van der Waals surface area contributed by atoms with Crippen molar-refractivity contribution < 1.29 is 14.3 Å². The van der Waals surface area contributed by atoms with Crippen LogP contribution in [0, 0.1) is 11.3 Å². The molecule has 1 rings (SSSR count). The van der Waals surface area contributed by atoms with Crippen LogP contribution < -0.4 is 4.74 Å². The van der Waals surface area contributed by atoms with Crippen LogP contribution in [0.5, 0.6) is 5.75 Å². The third-order valence-electron chi connectivity index (χ3n) is 2.14. The van der Waals surface area contributed by atoms with Crippen LogP contribution >= 0.6 is 15.9 Å². The van der Waals surface area contributed by atoms with Gasteiger partial charge in [-0.05, 0) is 40.5 Å². The third-order valence-corrected chi connectivity index (χ3v) is 2.76. The van der Waals surface area contributed by atoms with E-state index in [1.807, 2.05) is 6.07 Å². The van der Waals surface area contributed by atoms with Crippen LogP contribution in [0.3, 0.4) is 0 Å². The number of halogens is 1. The number of nitriles is 1. The Balaban J connectivity index is 3.03. The van der Waals surface area contributed by atoms with E-state index in [1.54, 1.807) is 19.1 Å². The average molecular weight is 298 g/mol. The van der Waals surface area contributed by atoms with Crippen molar-refractivity contribution in [1.29, 1.82) is 5.26 Å². The summed E-state index contributed by atoms with van der Waals surface area (Å²) in [5.41, 5.74) is 1.04. The van der Waals surface area contributed by atoms with Crippen LogP contribution in [0.1, 0.15) is 18.1 Å². The summed E-state index contributed by atoms with van der Waals surface area (Å²) in [5.74, 6) is 0.218. The van der Waals surface area contributed by atoms with E-state index < -0.39 is 0 Å². The molecule has 1 aromatic rings. The first-order chi connectivity index (χ1) is 8.12. The van der Waals surface area contributed by atoms with Crippen molar-refractivity contribution in [3.63, 3.8) is 0 Å². The molecule has 0 aliphatic rings. The summed E-state index contributed by atoms with van der Waals surface area (Å²) in [5, 5.41) is 9.00. The van der Waals surface area contributed by atoms with Gasteiger partial charge in [-0.2, -0.15) is 5.26 Å². The van der Waals surface area contributed by atoms with Gasteiger partial charge in [0, 0.05) is 0 Å². The molecule has 0 aromatic heterocycles. The van der Waals surface area contributed by atoms with E-state index in [0.29, 0.717) is 28.0 Å². The number of carbonyl (C=O) groups excluding carboxylic acids is 1. The molecular formula is C12H12BrNO3. The van der Waals surface area contributed by atoms with Crippen LogP contribution in [0.4, 0.5) is 0 Å². The maximum atomic E-state index is 11.4. The number of rotatable bonds is 4. The molecule has 17 heavy (non-hydrogen) atoms. The molecule has 0 radical (unpaired) electrons. The Morgan fingerprint density at radius 1 is 1.53 bits per heavy atom. The Morgan fingerprint density at radius 3 is 2.76 bits per heavy atom. The molecule has 90 valence electrons. The zero-order valence-electron chi connectivity index (χ0n) is 9.62. The van der Waals surface area contributed by atoms with Crippen molar-refractivity contribution in [1.82, 2.24) is 0 Å². The lowest BCUT2D eigenvalue weighted by molar-refractivity contribution is -0.142. The highest BCUT2D eigenvalue weighted by atomic mass is 79.9. The van der Waals surface area contributed by atoms with Crippen molar-refractivity contribution in [2.24, 2.45) is 0 Å². The maximum absolute atomic E-state index is 11.4. The fraction of sp³-hybridized carbons (Fsp3) is 0.333. The van der Waals surface area contributed by atoms with Gasteiger partial charge in [0.1, 0.15) is 5.75 Å². The van der Waals surface area contributed by atoms with Gasteiger partial charge in [-0.25, -0.2) is 0 Å². The molecule has 0 aliphatic heterocycles. The second kappa shape index (κ2) is 6.26. The first-order valence-corrected chi connectivity index (χ1v) is 5.83. The molecule has 0 spiro atoms. The molecule has 5 heteroatoms. The molecule has 0 saturated heterocycles. The van der Waals surface area contributed by atoms with E-state index in [0.717, 1.165) is 0 Å². The molecule has 0 bridgehead atoms. The van der Waals surface area contributed by atoms with E-state index in [9.17, 15) is 4.79 Å². The van der Waals surface area contributed by atoms with E-state index in [4.69, 9.17) is 14.7 Å². The van der Waals surface area contributed by atoms with E-state index >= 15 is 0 Å². The molecule has 4 nitrogen and oxygen atoms in total. The number of methoxy groups -OCH3 is 1. The Hall–Kier alpha value is -1.54. The maximum Gasteiger partial charge on any atom is 0.310 e. The van der Waals surface area contributed by atoms with Gasteiger partial charge in [-0.3, -0.25) is 4.79 Å². The molecule has 0 fully saturated rings. The fourth-order valence-corrected chi connectivity index (χ4v) is 1.92. The molecule has 0 amide bonds. The van der Waals surface area contributed by atoms with Crippen molar-refractivity contribution in [2.75, 3.05) is 13.7 Å². The van der Waals surface area contributed by atoms with Crippen molar-refractivity contribution in [3.8, 4) is 11.8 Å². The van der Waals surface area contributed by atoms with Gasteiger partial charge < -0.3 is 9.47 Å². The smallest absolute Gasteiger partial charge is 0.310 e. The largest absolute Gasteiger partial charge is 0.496 e. The van der Waals surface area contributed by atoms with E-state index in [2.05, 4.69) is 15.9 Å². The molecule has 0 heterocycles. The van der Waals surface area contributed by atoms with Crippen molar-refractivity contribution in [3.05, 3.63) is 27.7 Å². The summed E-state index contributed by atoms with van der Waals surface area (Å²) >= 11 is 3.31. The molecule has 0 N–H and O–H groups in total. The van der Waals surface area contributed by atoms with Crippen LogP contribution in [0.15, 0.2) is 16.6 Å². The molecule has 0 atom stereocenters. The highest BCUT2D eigenvalue weighted by molar-refractivity contribution is 9.10. The highest BCUT2D eigenvalue weighted by Crippen LogP contribution is 2.28. The Labute approximate surface area is 108 Å². The predicted molar refractivity (Wildman–Crippen MR) is 65.7 cm³/mol. The molecular weight excluding hydrogens is 286 g/mol. The van der Waals surface area contributed by atoms with Gasteiger partial charge in [-0.1, -0.05) is 0 Å². The Bertz CT molecular complexity index is 466. The van der Waals surface area contributed by atoms with Crippen molar-refractivity contribution >= 4 is 21.9 Å². The lowest BCUT2D eigenvalue weighted by atomic mass is 10.1. The van der Waals surface area contributed by atoms with E-state index in [1.165, 1.54) is 7.11 Å². The minimum atomic E-state index is -0.346. The predicted octanol–water partition coefficient (Wildman–Crippen LogP) is 2.43. The molecule has 0 unspecified atom stereocenters. The summed E-state index contributed by atoms with van der Waals surface area (Å²) in [4.78, 5) is 11.4. The van der Waals surface area contributed by atoms with E-state index in [-0.39, 0.29) is 12.4 Å². The van der Waals surface area contributed by atoms with Crippen LogP contribution in [-0.2, 0) is 16.0 Å². The number of benzene rings is 1. The normalized spacial score (nSPS) is 9.53. The summed E-state index contributed by atoms with van der Waals surface area (Å²) in [7, 11) is 1.52. The Kier molecular flexibility index (Phi) is 4.98. The second-order valence-corrected chi connectivity index (χ2v) is 4.09. The number of carbonyl (C=O) groups is 1. The highest BCUT2D eigenvalue weighted by Gasteiger charge is 2.12. The summed E-state index contributed by atoms with van der Waals surface area (Å²) in [6.07, 6.45) is 0.0827. The Morgan fingerprint density at radius 2 is 2.24 bits per heavy atom. The van der Waals surface area contributed by atoms with Crippen LogP contribution in [0.25, 0.3) is 0 Å². The van der Waals surface area contributed by atoms with Gasteiger partial charge in [0.05, 0.1) is 36.2 Å². The van der Waals surface area contributed by atoms with Gasteiger partial charge in [0.25, 0.3) is 0 Å². The van der Waals surface area contributed by atoms with Gasteiger partial charge in [-0.15, -0.1) is 0 Å². The van der Waals surface area contributed by atoms with Crippen molar-refractivity contribution in [2.45, 2.75) is 13.3 Å². The third kappa shape index (κ3) is 3.46. The zero-order valence-corrected chi connectivity index (χ0v) is 11.2. The van der Waals surface area contributed by atoms with Gasteiger partial charge in [0.15, 0.2) is 0 Å². The lowest BCUT2D eigenvalue weighted by Crippen LogP contribution is -2.09. The van der Waals surface area contributed by atoms with Gasteiger partial charge in [0.2, 0.25) is 0 Å². The molecule has 0 saturated carbocycles. The number of hydrogen-bond acceptors (Lipinski definition) is 4. The number of esters is 1. The average Bonchev–Trinajstić information content (AvgIpc) is 2.29. The monoisotopic (exact) mass is 297 g/mol. The minimum Gasteiger partial charge on any atom is -0.496 e. The van der Waals surface area contributed by atoms with Gasteiger partial charge >= 0.3 is 5.97 Å². The molecule has 0 aliphatic carbocycles. The topological polar surface area (TPSA) is 59.3 Å². The number of hydrogen-bond donors (Lipinski definition) is 0. The zero-order chi connectivity index (χ0) is 12.8. The fourth-order valence-electron chi connectivity index (χ4n) is 1.37. The lowest BCUT2D eigenvalue weighted by Gasteiger charge is -2.08.